The van der Waals surface area contributed by atoms with E-state index in [0.717, 1.165) is 21.6 Å². The summed E-state index contributed by atoms with van der Waals surface area (Å²) < 4.78 is 12.9. The molecule has 0 radical (unpaired) electrons. The lowest BCUT2D eigenvalue weighted by atomic mass is 9.91. The van der Waals surface area contributed by atoms with E-state index in [-0.39, 0.29) is 36.2 Å². The molecule has 3 aromatic rings. The Bertz CT molecular complexity index is 1200. The van der Waals surface area contributed by atoms with Crippen LogP contribution >= 0.6 is 11.8 Å². The van der Waals surface area contributed by atoms with Crippen LogP contribution in [0.25, 0.3) is 0 Å². The second-order valence-electron chi connectivity index (χ2n) is 8.77. The van der Waals surface area contributed by atoms with Crippen molar-refractivity contribution in [2.45, 2.75) is 43.8 Å². The van der Waals surface area contributed by atoms with Gasteiger partial charge in [-0.1, -0.05) is 43.3 Å². The number of hydrogen-bond donors (Lipinski definition) is 3. The van der Waals surface area contributed by atoms with Crippen molar-refractivity contribution in [3.63, 3.8) is 0 Å². The number of ether oxygens (including phenoxy) is 2. The van der Waals surface area contributed by atoms with Gasteiger partial charge in [0.2, 0.25) is 5.91 Å². The van der Waals surface area contributed by atoms with E-state index in [1.807, 2.05) is 48.5 Å². The van der Waals surface area contributed by atoms with E-state index in [9.17, 15) is 14.7 Å². The van der Waals surface area contributed by atoms with Gasteiger partial charge in [0.05, 0.1) is 24.4 Å². The Morgan fingerprint density at radius 3 is 2.33 bits per heavy atom. The number of benzene rings is 3. The summed E-state index contributed by atoms with van der Waals surface area (Å²) in [6.45, 7) is 3.53. The molecule has 0 aromatic heterocycles. The lowest BCUT2D eigenvalue weighted by molar-refractivity contribution is -0.268. The van der Waals surface area contributed by atoms with E-state index < -0.39 is 12.3 Å². The number of carbonyl (C=O) groups excluding carboxylic acids is 1. The smallest absolute Gasteiger partial charge is 0.335 e. The fourth-order valence-electron chi connectivity index (χ4n) is 4.15. The van der Waals surface area contributed by atoms with Crippen molar-refractivity contribution in [3.8, 4) is 0 Å². The minimum atomic E-state index is -0.952. The fourth-order valence-corrected chi connectivity index (χ4v) is 5.22. The first kappa shape index (κ1) is 25.9. The fraction of sp³-hybridized carbons (Fsp3) is 0.286. The van der Waals surface area contributed by atoms with Gasteiger partial charge in [-0.3, -0.25) is 4.79 Å². The van der Waals surface area contributed by atoms with Gasteiger partial charge in [0.1, 0.15) is 0 Å². The maximum atomic E-state index is 11.5. The topological polar surface area (TPSA) is 105 Å². The molecular formula is C28H29NO6S. The van der Waals surface area contributed by atoms with Crippen molar-refractivity contribution in [1.29, 1.82) is 0 Å². The third-order valence-corrected chi connectivity index (χ3v) is 7.22. The molecule has 8 heteroatoms. The van der Waals surface area contributed by atoms with Gasteiger partial charge in [-0.2, -0.15) is 0 Å². The molecule has 36 heavy (non-hydrogen) atoms. The molecule has 4 atom stereocenters. The van der Waals surface area contributed by atoms with Crippen LogP contribution in [0.4, 0.5) is 5.69 Å². The number of aliphatic hydroxyl groups is 1. The summed E-state index contributed by atoms with van der Waals surface area (Å²) in [5.41, 5.74) is 3.53. The van der Waals surface area contributed by atoms with Crippen molar-refractivity contribution in [2.75, 3.05) is 11.1 Å². The summed E-state index contributed by atoms with van der Waals surface area (Å²) in [7, 11) is 0. The van der Waals surface area contributed by atoms with Crippen LogP contribution in [0, 0.1) is 5.92 Å². The zero-order valence-electron chi connectivity index (χ0n) is 20.1. The molecule has 188 valence electrons. The first-order valence-electron chi connectivity index (χ1n) is 11.7. The molecule has 0 spiro atoms. The second kappa shape index (κ2) is 11.7. The zero-order valence-corrected chi connectivity index (χ0v) is 20.9. The SMILES string of the molecule is CC(=O)Nc1cccc([C@H]2O[C@@H](CSc3ccc(C(=O)O)cc3)[C@@H](C)[C@@H](c3ccc(CO)cc3)O2)c1. The Labute approximate surface area is 214 Å². The molecule has 0 bridgehead atoms. The lowest BCUT2D eigenvalue weighted by Crippen LogP contribution is -2.38. The van der Waals surface area contributed by atoms with Gasteiger partial charge in [-0.15, -0.1) is 11.8 Å². The number of anilines is 1. The predicted molar refractivity (Wildman–Crippen MR) is 138 cm³/mol. The summed E-state index contributed by atoms with van der Waals surface area (Å²) in [5, 5.41) is 21.4. The van der Waals surface area contributed by atoms with Crippen molar-refractivity contribution in [3.05, 3.63) is 95.1 Å². The van der Waals surface area contributed by atoms with Crippen LogP contribution in [-0.2, 0) is 20.9 Å². The summed E-state index contributed by atoms with van der Waals surface area (Å²) in [4.78, 5) is 23.6. The van der Waals surface area contributed by atoms with Crippen LogP contribution in [0.15, 0.2) is 77.7 Å². The van der Waals surface area contributed by atoms with Crippen LogP contribution in [0.2, 0.25) is 0 Å². The van der Waals surface area contributed by atoms with Gasteiger partial charge in [0.25, 0.3) is 0 Å². The zero-order chi connectivity index (χ0) is 25.7. The number of thioether (sulfide) groups is 1. The highest BCUT2D eigenvalue weighted by atomic mass is 32.2. The van der Waals surface area contributed by atoms with Crippen LogP contribution in [0.3, 0.4) is 0 Å². The maximum Gasteiger partial charge on any atom is 0.335 e. The minimum Gasteiger partial charge on any atom is -0.478 e. The van der Waals surface area contributed by atoms with Gasteiger partial charge in [0.15, 0.2) is 6.29 Å². The Kier molecular flexibility index (Phi) is 8.43. The number of nitrogens with one attached hydrogen (secondary N) is 1. The maximum absolute atomic E-state index is 11.5. The van der Waals surface area contributed by atoms with E-state index >= 15 is 0 Å². The monoisotopic (exact) mass is 507 g/mol. The van der Waals surface area contributed by atoms with E-state index in [1.54, 1.807) is 36.0 Å². The van der Waals surface area contributed by atoms with Crippen LogP contribution in [0.5, 0.6) is 0 Å². The molecular weight excluding hydrogens is 478 g/mol. The molecule has 4 rings (SSSR count). The van der Waals surface area contributed by atoms with E-state index in [4.69, 9.17) is 14.6 Å². The second-order valence-corrected chi connectivity index (χ2v) is 9.86. The number of carboxylic acid groups (broad SMARTS) is 1. The van der Waals surface area contributed by atoms with Crippen molar-refractivity contribution in [2.24, 2.45) is 5.92 Å². The Balaban J connectivity index is 1.58. The average Bonchev–Trinajstić information content (AvgIpc) is 2.88. The number of rotatable bonds is 8. The van der Waals surface area contributed by atoms with Gasteiger partial charge in [-0.25, -0.2) is 4.79 Å². The number of carbonyl (C=O) groups is 2. The number of carboxylic acids is 1. The minimum absolute atomic E-state index is 0.0190. The van der Waals surface area contributed by atoms with Crippen LogP contribution in [-0.4, -0.2) is 33.9 Å². The normalized spacial score (nSPS) is 21.6. The number of aliphatic hydroxyl groups excluding tert-OH is 1. The first-order chi connectivity index (χ1) is 17.3. The Morgan fingerprint density at radius 1 is 0.972 bits per heavy atom. The van der Waals surface area contributed by atoms with Gasteiger partial charge in [0, 0.05) is 34.7 Å². The number of aromatic carboxylic acids is 1. The Hall–Kier alpha value is -3.17. The van der Waals surface area contributed by atoms with Crippen LogP contribution in [0.1, 0.15) is 53.3 Å². The molecule has 1 saturated heterocycles. The molecule has 3 aromatic carbocycles. The molecule has 1 amide bonds. The molecule has 7 nitrogen and oxygen atoms in total. The summed E-state index contributed by atoms with van der Waals surface area (Å²) in [6.07, 6.45) is -1.06. The quantitative estimate of drug-likeness (QED) is 0.350. The molecule has 0 unspecified atom stereocenters. The van der Waals surface area contributed by atoms with Crippen molar-refractivity contribution < 1.29 is 29.3 Å². The molecule has 0 aliphatic carbocycles. The van der Waals surface area contributed by atoms with Gasteiger partial charge >= 0.3 is 5.97 Å². The average molecular weight is 508 g/mol. The Morgan fingerprint density at radius 2 is 1.69 bits per heavy atom. The highest BCUT2D eigenvalue weighted by Crippen LogP contribution is 2.43. The van der Waals surface area contributed by atoms with E-state index in [0.29, 0.717) is 11.4 Å². The highest BCUT2D eigenvalue weighted by Gasteiger charge is 2.38. The predicted octanol–water partition coefficient (Wildman–Crippen LogP) is 5.42. The summed E-state index contributed by atoms with van der Waals surface area (Å²) in [5.74, 6) is -0.446. The number of amides is 1. The van der Waals surface area contributed by atoms with E-state index in [2.05, 4.69) is 12.2 Å². The van der Waals surface area contributed by atoms with Crippen LogP contribution < -0.4 is 5.32 Å². The van der Waals surface area contributed by atoms with Gasteiger partial charge < -0.3 is 25.0 Å². The molecule has 0 saturated carbocycles. The standard InChI is InChI=1S/C28H29NO6S/c1-17-25(16-36-24-12-10-21(11-13-24)27(32)33)34-28(22-4-3-5-23(14-22)29-18(2)31)35-26(17)20-8-6-19(15-30)7-9-20/h3-14,17,25-26,28,30H,15-16H2,1-2H3,(H,29,31)(H,32,33)/t17-,25+,26+,28+/m1/s1. The summed E-state index contributed by atoms with van der Waals surface area (Å²) in [6, 6.07) is 21.9. The molecule has 1 aliphatic heterocycles. The molecule has 1 fully saturated rings. The van der Waals surface area contributed by atoms with E-state index in [1.165, 1.54) is 6.92 Å². The van der Waals surface area contributed by atoms with Crippen molar-refractivity contribution in [1.82, 2.24) is 0 Å². The lowest BCUT2D eigenvalue weighted by Gasteiger charge is -2.41. The van der Waals surface area contributed by atoms with Gasteiger partial charge in [-0.05, 0) is 47.5 Å². The third-order valence-electron chi connectivity index (χ3n) is 6.12. The number of hydrogen-bond acceptors (Lipinski definition) is 6. The first-order valence-corrected chi connectivity index (χ1v) is 12.7. The highest BCUT2D eigenvalue weighted by molar-refractivity contribution is 7.99. The third kappa shape index (κ3) is 6.33. The molecule has 3 N–H and O–H groups in total. The van der Waals surface area contributed by atoms with Crippen molar-refractivity contribution >= 4 is 29.3 Å². The molecule has 1 heterocycles. The summed E-state index contributed by atoms with van der Waals surface area (Å²) >= 11 is 1.60. The largest absolute Gasteiger partial charge is 0.478 e. The molecule has 1 aliphatic rings.